The monoisotopic (exact) mass is 782 g/mol. The van der Waals surface area contributed by atoms with Crippen LogP contribution in [-0.2, 0) is 42.7 Å². The van der Waals surface area contributed by atoms with Crippen molar-refractivity contribution in [2.24, 2.45) is 22.7 Å². The maximum atomic E-state index is 15.0. The van der Waals surface area contributed by atoms with Crippen molar-refractivity contribution >= 4 is 41.2 Å². The normalized spacial score (nSPS) is 35.4. The number of rotatable bonds is 15. The van der Waals surface area contributed by atoms with Crippen LogP contribution in [0.5, 0.6) is 0 Å². The topological polar surface area (TPSA) is 177 Å². The Bertz CT molecular complexity index is 1520. The number of fused-ring (bicyclic) bond motifs is 5. The van der Waals surface area contributed by atoms with Gasteiger partial charge in [0.05, 0.1) is 41.7 Å². The standard InChI is InChI=1S/C38H54O13S2/c1-21(2)29(48-18-45-17-46-19-52-7)34(42)50-24-15-38(44)32(51-33(41)23-12-10-9-11-13-23)30-36(6,31(40)28(39)27(22(24)3)35(38,4)5)25(49-20-53-8)14-26-37(30,43)16-47-26/h9-13,21,24-26,28-30,32,39,43-44H,14-20H2,1-8H3/t24?,25?,26?,28?,29?,30?,32?,36-,37+,38?/m1/s1. The van der Waals surface area contributed by atoms with E-state index >= 15 is 4.79 Å². The smallest absolute Gasteiger partial charge is 0.338 e. The number of hydrogen-bond acceptors (Lipinski definition) is 15. The van der Waals surface area contributed by atoms with Crippen LogP contribution in [0, 0.1) is 22.7 Å². The lowest BCUT2D eigenvalue weighted by Crippen LogP contribution is -2.81. The summed E-state index contributed by atoms with van der Waals surface area (Å²) in [4.78, 5) is 42.9. The van der Waals surface area contributed by atoms with E-state index < -0.39 is 82.3 Å². The molecule has 2 bridgehead atoms. The van der Waals surface area contributed by atoms with Crippen LogP contribution in [0.25, 0.3) is 0 Å². The zero-order chi connectivity index (χ0) is 38.9. The van der Waals surface area contributed by atoms with E-state index in [0.29, 0.717) is 11.5 Å². The van der Waals surface area contributed by atoms with Crippen LogP contribution in [0.4, 0.5) is 0 Å². The van der Waals surface area contributed by atoms with E-state index in [1.807, 2.05) is 12.5 Å². The molecule has 3 N–H and O–H groups in total. The van der Waals surface area contributed by atoms with Crippen LogP contribution in [0.3, 0.4) is 0 Å². The number of ether oxygens (including phenoxy) is 7. The molecule has 1 aromatic rings. The predicted octanol–water partition coefficient (Wildman–Crippen LogP) is 3.72. The molecular formula is C38H54O13S2. The van der Waals surface area contributed by atoms with Crippen LogP contribution in [0.1, 0.15) is 64.7 Å². The molecule has 0 spiro atoms. The third-order valence-electron chi connectivity index (χ3n) is 11.8. The Labute approximate surface area is 319 Å². The van der Waals surface area contributed by atoms with Crippen molar-refractivity contribution < 1.29 is 62.9 Å². The number of thioether (sulfide) groups is 2. The first-order valence-corrected chi connectivity index (χ1v) is 20.6. The molecular weight excluding hydrogens is 729 g/mol. The Morgan fingerprint density at radius 2 is 1.68 bits per heavy atom. The minimum atomic E-state index is -2.13. The van der Waals surface area contributed by atoms with E-state index in [1.165, 1.54) is 23.5 Å². The first-order valence-electron chi connectivity index (χ1n) is 17.8. The van der Waals surface area contributed by atoms with Gasteiger partial charge in [0.2, 0.25) is 0 Å². The highest BCUT2D eigenvalue weighted by Crippen LogP contribution is 2.63. The molecule has 0 radical (unpaired) electrons. The lowest BCUT2D eigenvalue weighted by molar-refractivity contribution is -0.345. The van der Waals surface area contributed by atoms with Crippen LogP contribution in [0.15, 0.2) is 41.5 Å². The zero-order valence-electron chi connectivity index (χ0n) is 31.7. The van der Waals surface area contributed by atoms with E-state index in [-0.39, 0.29) is 56.0 Å². The molecule has 296 valence electrons. The zero-order valence-corrected chi connectivity index (χ0v) is 33.3. The fourth-order valence-electron chi connectivity index (χ4n) is 8.82. The lowest BCUT2D eigenvalue weighted by Gasteiger charge is -2.67. The average molecular weight is 783 g/mol. The Hall–Kier alpha value is -2.05. The van der Waals surface area contributed by atoms with E-state index in [0.717, 1.165) is 0 Å². The Kier molecular flexibility index (Phi) is 13.2. The molecule has 4 aliphatic rings. The van der Waals surface area contributed by atoms with E-state index in [1.54, 1.807) is 71.9 Å². The predicted molar refractivity (Wildman–Crippen MR) is 197 cm³/mol. The van der Waals surface area contributed by atoms with E-state index in [4.69, 9.17) is 33.2 Å². The van der Waals surface area contributed by atoms with Crippen LogP contribution in [-0.4, -0.2) is 125 Å². The second-order valence-electron chi connectivity index (χ2n) is 15.5. The van der Waals surface area contributed by atoms with Gasteiger partial charge < -0.3 is 48.5 Å². The van der Waals surface area contributed by atoms with Gasteiger partial charge in [0.15, 0.2) is 25.5 Å². The minimum Gasteiger partial charge on any atom is -0.456 e. The van der Waals surface area contributed by atoms with Gasteiger partial charge in [-0.2, -0.15) is 0 Å². The number of carbonyl (C=O) groups excluding carboxylic acids is 3. The third kappa shape index (κ3) is 7.48. The summed E-state index contributed by atoms with van der Waals surface area (Å²) in [5, 5.41) is 38.1. The second-order valence-corrected chi connectivity index (χ2v) is 17.1. The Balaban J connectivity index is 1.62. The van der Waals surface area contributed by atoms with Crippen molar-refractivity contribution in [1.82, 2.24) is 0 Å². The van der Waals surface area contributed by atoms with Gasteiger partial charge in [-0.1, -0.05) is 45.9 Å². The molecule has 10 atom stereocenters. The number of carbonyl (C=O) groups is 3. The third-order valence-corrected chi connectivity index (χ3v) is 12.5. The van der Waals surface area contributed by atoms with Crippen molar-refractivity contribution in [2.45, 2.75) is 102 Å². The van der Waals surface area contributed by atoms with Gasteiger partial charge in [0, 0.05) is 24.2 Å². The Morgan fingerprint density at radius 3 is 2.28 bits per heavy atom. The van der Waals surface area contributed by atoms with Gasteiger partial charge in [-0.05, 0) is 55.6 Å². The number of Topliss-reactive ketones (excluding diaryl/α,β-unsaturated/α-hetero) is 1. The van der Waals surface area contributed by atoms with Crippen molar-refractivity contribution in [3.8, 4) is 0 Å². The van der Waals surface area contributed by atoms with Gasteiger partial charge in [-0.15, -0.1) is 23.5 Å². The summed E-state index contributed by atoms with van der Waals surface area (Å²) in [6, 6.07) is 8.21. The summed E-state index contributed by atoms with van der Waals surface area (Å²) < 4.78 is 41.0. The summed E-state index contributed by atoms with van der Waals surface area (Å²) in [5.74, 6) is -3.26. The summed E-state index contributed by atoms with van der Waals surface area (Å²) in [5.41, 5.74) is -6.34. The second kappa shape index (κ2) is 16.6. The summed E-state index contributed by atoms with van der Waals surface area (Å²) >= 11 is 2.87. The highest BCUT2D eigenvalue weighted by atomic mass is 32.2. The summed E-state index contributed by atoms with van der Waals surface area (Å²) in [6.45, 7) is 9.65. The molecule has 5 rings (SSSR count). The molecule has 0 aromatic heterocycles. The minimum absolute atomic E-state index is 0.0346. The van der Waals surface area contributed by atoms with Gasteiger partial charge >= 0.3 is 11.9 Å². The highest BCUT2D eigenvalue weighted by Gasteiger charge is 2.76. The van der Waals surface area contributed by atoms with Crippen molar-refractivity contribution in [2.75, 3.05) is 44.6 Å². The SMILES string of the molecule is CSCOCOCOC(C(=O)OC1CC2(O)C(OC(=O)c3ccccc3)C3[C@]4(O)COC4CC(OCSC)[C@@]3(C)C(=O)C(O)C(=C1C)C2(C)C)C(C)C. The highest BCUT2D eigenvalue weighted by molar-refractivity contribution is 7.98. The number of aliphatic hydroxyl groups is 3. The van der Waals surface area contributed by atoms with Crippen LogP contribution in [0.2, 0.25) is 0 Å². The molecule has 1 aromatic carbocycles. The molecule has 53 heavy (non-hydrogen) atoms. The first kappa shape index (κ1) is 42.1. The molecule has 0 amide bonds. The largest absolute Gasteiger partial charge is 0.456 e. The molecule has 1 saturated heterocycles. The van der Waals surface area contributed by atoms with E-state index in [9.17, 15) is 24.9 Å². The van der Waals surface area contributed by atoms with Crippen LogP contribution < -0.4 is 0 Å². The maximum Gasteiger partial charge on any atom is 0.338 e. The average Bonchev–Trinajstić information content (AvgIpc) is 3.11. The fraction of sp³-hybridized carbons (Fsp3) is 0.711. The molecule has 3 fully saturated rings. The fourth-order valence-corrected chi connectivity index (χ4v) is 9.35. The molecule has 3 aliphatic carbocycles. The van der Waals surface area contributed by atoms with Gasteiger partial charge in [-0.25, -0.2) is 9.59 Å². The number of hydrogen-bond donors (Lipinski definition) is 3. The Morgan fingerprint density at radius 1 is 1.00 bits per heavy atom. The van der Waals surface area contributed by atoms with Crippen molar-refractivity contribution in [1.29, 1.82) is 0 Å². The number of benzene rings is 1. The van der Waals surface area contributed by atoms with Gasteiger partial charge in [-0.3, -0.25) is 4.79 Å². The molecule has 2 saturated carbocycles. The molecule has 15 heteroatoms. The number of ketones is 1. The summed E-state index contributed by atoms with van der Waals surface area (Å²) in [7, 11) is 0. The van der Waals surface area contributed by atoms with Gasteiger partial charge in [0.1, 0.15) is 29.5 Å². The number of aliphatic hydroxyl groups excluding tert-OH is 1. The van der Waals surface area contributed by atoms with Crippen molar-refractivity contribution in [3.05, 3.63) is 47.0 Å². The van der Waals surface area contributed by atoms with Crippen molar-refractivity contribution in [3.63, 3.8) is 0 Å². The molecule has 13 nitrogen and oxygen atoms in total. The number of esters is 2. The molecule has 1 aliphatic heterocycles. The first-order chi connectivity index (χ1) is 25.0. The maximum absolute atomic E-state index is 15.0. The lowest BCUT2D eigenvalue weighted by atomic mass is 9.44. The molecule has 1 heterocycles. The van der Waals surface area contributed by atoms with E-state index in [2.05, 4.69) is 0 Å². The summed E-state index contributed by atoms with van der Waals surface area (Å²) in [6.07, 6.45) is -3.80. The van der Waals surface area contributed by atoms with Gasteiger partial charge in [0.25, 0.3) is 0 Å². The molecule has 8 unspecified atom stereocenters. The van der Waals surface area contributed by atoms with Crippen LogP contribution >= 0.6 is 23.5 Å². The quantitative estimate of drug-likeness (QED) is 0.102.